The Morgan fingerprint density at radius 1 is 1.44 bits per heavy atom. The van der Waals surface area contributed by atoms with Gasteiger partial charge in [0.15, 0.2) is 0 Å². The Balaban J connectivity index is 2.59. The number of aromatic nitrogens is 1. The first kappa shape index (κ1) is 12.7. The van der Waals surface area contributed by atoms with Gasteiger partial charge in [-0.3, -0.25) is 4.90 Å². The van der Waals surface area contributed by atoms with E-state index in [0.29, 0.717) is 11.5 Å². The summed E-state index contributed by atoms with van der Waals surface area (Å²) in [4.78, 5) is 5.16. The van der Waals surface area contributed by atoms with E-state index in [2.05, 4.69) is 10.4 Å². The van der Waals surface area contributed by atoms with E-state index in [1.165, 1.54) is 7.05 Å². The SMILES string of the molecule is CN(Cc1cccc(NN)n1)CC(F)(F)F. The van der Waals surface area contributed by atoms with Gasteiger partial charge < -0.3 is 5.43 Å². The maximum atomic E-state index is 12.1. The molecule has 0 bridgehead atoms. The van der Waals surface area contributed by atoms with Gasteiger partial charge in [0.05, 0.1) is 12.2 Å². The summed E-state index contributed by atoms with van der Waals surface area (Å²) in [6.45, 7) is -0.843. The first-order valence-electron chi connectivity index (χ1n) is 4.58. The van der Waals surface area contributed by atoms with Gasteiger partial charge in [-0.25, -0.2) is 10.8 Å². The third kappa shape index (κ3) is 4.45. The second kappa shape index (κ2) is 5.13. The first-order chi connectivity index (χ1) is 7.40. The number of hydrazine groups is 1. The van der Waals surface area contributed by atoms with Gasteiger partial charge in [0, 0.05) is 6.54 Å². The molecule has 0 saturated heterocycles. The van der Waals surface area contributed by atoms with Crippen molar-refractivity contribution in [1.29, 1.82) is 0 Å². The fraction of sp³-hybridized carbons (Fsp3) is 0.444. The molecule has 1 rings (SSSR count). The molecular weight excluding hydrogens is 221 g/mol. The molecule has 1 aromatic heterocycles. The zero-order chi connectivity index (χ0) is 12.2. The van der Waals surface area contributed by atoms with Crippen LogP contribution in [-0.4, -0.2) is 29.7 Å². The minimum absolute atomic E-state index is 0.120. The normalized spacial score (nSPS) is 11.9. The molecule has 0 aliphatic carbocycles. The summed E-state index contributed by atoms with van der Waals surface area (Å²) in [5.74, 6) is 5.57. The molecule has 3 N–H and O–H groups in total. The number of halogens is 3. The summed E-state index contributed by atoms with van der Waals surface area (Å²) >= 11 is 0. The minimum atomic E-state index is -4.20. The molecule has 16 heavy (non-hydrogen) atoms. The summed E-state index contributed by atoms with van der Waals surface area (Å²) in [5, 5.41) is 0. The van der Waals surface area contributed by atoms with Gasteiger partial charge >= 0.3 is 6.18 Å². The third-order valence-corrected chi connectivity index (χ3v) is 1.84. The van der Waals surface area contributed by atoms with Crippen LogP contribution < -0.4 is 11.3 Å². The van der Waals surface area contributed by atoms with Crippen molar-refractivity contribution in [3.8, 4) is 0 Å². The van der Waals surface area contributed by atoms with Gasteiger partial charge in [-0.2, -0.15) is 13.2 Å². The van der Waals surface area contributed by atoms with Crippen molar-refractivity contribution < 1.29 is 13.2 Å². The molecule has 0 unspecified atom stereocenters. The molecular formula is C9H13F3N4. The van der Waals surface area contributed by atoms with E-state index in [-0.39, 0.29) is 6.54 Å². The van der Waals surface area contributed by atoms with Gasteiger partial charge in [0.1, 0.15) is 5.82 Å². The average Bonchev–Trinajstić information content (AvgIpc) is 2.15. The van der Waals surface area contributed by atoms with E-state index in [9.17, 15) is 13.2 Å². The van der Waals surface area contributed by atoms with E-state index in [0.717, 1.165) is 4.90 Å². The van der Waals surface area contributed by atoms with Crippen molar-refractivity contribution in [3.63, 3.8) is 0 Å². The van der Waals surface area contributed by atoms with Crippen LogP contribution in [-0.2, 0) is 6.54 Å². The molecule has 0 aliphatic rings. The maximum absolute atomic E-state index is 12.1. The van der Waals surface area contributed by atoms with Crippen LogP contribution in [0.5, 0.6) is 0 Å². The molecule has 0 radical (unpaired) electrons. The zero-order valence-corrected chi connectivity index (χ0v) is 8.75. The number of nitrogens with one attached hydrogen (secondary N) is 1. The van der Waals surface area contributed by atoms with Gasteiger partial charge in [0.2, 0.25) is 0 Å². The molecule has 90 valence electrons. The average molecular weight is 234 g/mol. The fourth-order valence-corrected chi connectivity index (χ4v) is 1.29. The Hall–Kier alpha value is -1.34. The molecule has 0 saturated carbocycles. The monoisotopic (exact) mass is 234 g/mol. The van der Waals surface area contributed by atoms with Crippen LogP contribution in [0.1, 0.15) is 5.69 Å². The molecule has 0 amide bonds. The second-order valence-corrected chi connectivity index (χ2v) is 3.45. The molecule has 0 fully saturated rings. The molecule has 7 heteroatoms. The van der Waals surface area contributed by atoms with Crippen LogP contribution in [0.4, 0.5) is 19.0 Å². The van der Waals surface area contributed by atoms with Gasteiger partial charge in [-0.1, -0.05) is 6.07 Å². The Morgan fingerprint density at radius 2 is 2.12 bits per heavy atom. The lowest BCUT2D eigenvalue weighted by atomic mass is 10.3. The van der Waals surface area contributed by atoms with Crippen molar-refractivity contribution in [1.82, 2.24) is 9.88 Å². The molecule has 0 aromatic carbocycles. The third-order valence-electron chi connectivity index (χ3n) is 1.84. The van der Waals surface area contributed by atoms with Crippen LogP contribution in [0.3, 0.4) is 0 Å². The van der Waals surface area contributed by atoms with E-state index >= 15 is 0 Å². The Bertz CT molecular complexity index is 340. The van der Waals surface area contributed by atoms with Gasteiger partial charge in [0.25, 0.3) is 0 Å². The molecule has 0 spiro atoms. The number of nitrogens with two attached hydrogens (primary N) is 1. The number of pyridine rings is 1. The summed E-state index contributed by atoms with van der Waals surface area (Å²) in [5.41, 5.74) is 2.87. The largest absolute Gasteiger partial charge is 0.401 e. The number of nitrogens with zero attached hydrogens (tertiary/aromatic N) is 2. The number of rotatable bonds is 4. The van der Waals surface area contributed by atoms with Gasteiger partial charge in [-0.05, 0) is 19.2 Å². The van der Waals surface area contributed by atoms with Crippen molar-refractivity contribution in [2.45, 2.75) is 12.7 Å². The minimum Gasteiger partial charge on any atom is -0.308 e. The summed E-state index contributed by atoms with van der Waals surface area (Å²) in [6, 6.07) is 4.96. The van der Waals surface area contributed by atoms with E-state index < -0.39 is 12.7 Å². The molecule has 1 aromatic rings. The van der Waals surface area contributed by atoms with Crippen molar-refractivity contribution >= 4 is 5.82 Å². The van der Waals surface area contributed by atoms with Crippen LogP contribution in [0.2, 0.25) is 0 Å². The van der Waals surface area contributed by atoms with E-state index in [1.807, 2.05) is 0 Å². The maximum Gasteiger partial charge on any atom is 0.401 e. The van der Waals surface area contributed by atoms with Crippen molar-refractivity contribution in [2.75, 3.05) is 19.0 Å². The summed E-state index contributed by atoms with van der Waals surface area (Å²) in [6.07, 6.45) is -4.20. The first-order valence-corrected chi connectivity index (χ1v) is 4.58. The van der Waals surface area contributed by atoms with E-state index in [4.69, 9.17) is 5.84 Å². The predicted octanol–water partition coefficient (Wildman–Crippen LogP) is 1.36. The molecule has 1 heterocycles. The number of anilines is 1. The van der Waals surface area contributed by atoms with Crippen LogP contribution >= 0.6 is 0 Å². The lowest BCUT2D eigenvalue weighted by Crippen LogP contribution is -2.30. The number of hydrogen-bond donors (Lipinski definition) is 2. The zero-order valence-electron chi connectivity index (χ0n) is 8.75. The highest BCUT2D eigenvalue weighted by Crippen LogP contribution is 2.16. The summed E-state index contributed by atoms with van der Waals surface area (Å²) < 4.78 is 36.2. The lowest BCUT2D eigenvalue weighted by molar-refractivity contribution is -0.144. The lowest BCUT2D eigenvalue weighted by Gasteiger charge is -2.18. The van der Waals surface area contributed by atoms with Crippen LogP contribution in [0.15, 0.2) is 18.2 Å². The second-order valence-electron chi connectivity index (χ2n) is 3.45. The Morgan fingerprint density at radius 3 is 2.69 bits per heavy atom. The predicted molar refractivity (Wildman–Crippen MR) is 54.4 cm³/mol. The Labute approximate surface area is 91.2 Å². The van der Waals surface area contributed by atoms with Crippen molar-refractivity contribution in [3.05, 3.63) is 23.9 Å². The standard InChI is InChI=1S/C9H13F3N4/c1-16(6-9(10,11)12)5-7-3-2-4-8(14-7)15-13/h2-4H,5-6,13H2,1H3,(H,14,15). The Kier molecular flexibility index (Phi) is 4.08. The highest BCUT2D eigenvalue weighted by Gasteiger charge is 2.29. The highest BCUT2D eigenvalue weighted by atomic mass is 19.4. The van der Waals surface area contributed by atoms with Crippen LogP contribution in [0, 0.1) is 0 Å². The fourth-order valence-electron chi connectivity index (χ4n) is 1.29. The van der Waals surface area contributed by atoms with Crippen LogP contribution in [0.25, 0.3) is 0 Å². The number of nitrogen functional groups attached to an aromatic ring is 1. The van der Waals surface area contributed by atoms with Gasteiger partial charge in [-0.15, -0.1) is 0 Å². The quantitative estimate of drug-likeness (QED) is 0.610. The smallest absolute Gasteiger partial charge is 0.308 e. The molecule has 0 aliphatic heterocycles. The number of alkyl halides is 3. The summed E-state index contributed by atoms with van der Waals surface area (Å²) in [7, 11) is 1.39. The van der Waals surface area contributed by atoms with E-state index in [1.54, 1.807) is 18.2 Å². The highest BCUT2D eigenvalue weighted by molar-refractivity contribution is 5.33. The number of hydrogen-bond acceptors (Lipinski definition) is 4. The molecule has 4 nitrogen and oxygen atoms in total. The topological polar surface area (TPSA) is 54.2 Å². The van der Waals surface area contributed by atoms with Crippen molar-refractivity contribution in [2.24, 2.45) is 5.84 Å². The molecule has 0 atom stereocenters.